The van der Waals surface area contributed by atoms with E-state index in [1.165, 1.54) is 0 Å². The molecule has 4 nitrogen and oxygen atoms in total. The SMILES string of the molecule is Cn1ncc2ccc(OC3CCNCC3)cc21. The Morgan fingerprint density at radius 1 is 1.35 bits per heavy atom. The minimum atomic E-state index is 0.349. The van der Waals surface area contributed by atoms with E-state index in [2.05, 4.69) is 22.5 Å². The van der Waals surface area contributed by atoms with Crippen LogP contribution in [0.15, 0.2) is 24.4 Å². The lowest BCUT2D eigenvalue weighted by Gasteiger charge is -2.23. The molecular weight excluding hydrogens is 214 g/mol. The van der Waals surface area contributed by atoms with Crippen molar-refractivity contribution in [3.05, 3.63) is 24.4 Å². The van der Waals surface area contributed by atoms with E-state index in [0.717, 1.165) is 42.6 Å². The van der Waals surface area contributed by atoms with Gasteiger partial charge >= 0.3 is 0 Å². The molecule has 0 spiro atoms. The molecule has 1 N–H and O–H groups in total. The monoisotopic (exact) mass is 231 g/mol. The molecule has 0 bridgehead atoms. The van der Waals surface area contributed by atoms with Gasteiger partial charge < -0.3 is 10.1 Å². The number of fused-ring (bicyclic) bond motifs is 1. The third-order valence-corrected chi connectivity index (χ3v) is 3.31. The van der Waals surface area contributed by atoms with Crippen molar-refractivity contribution < 1.29 is 4.74 Å². The Kier molecular flexibility index (Phi) is 2.73. The van der Waals surface area contributed by atoms with Crippen molar-refractivity contribution in [3.8, 4) is 5.75 Å². The van der Waals surface area contributed by atoms with E-state index in [-0.39, 0.29) is 0 Å². The molecule has 1 fully saturated rings. The van der Waals surface area contributed by atoms with E-state index in [1.54, 1.807) is 0 Å². The fourth-order valence-corrected chi connectivity index (χ4v) is 2.30. The van der Waals surface area contributed by atoms with Crippen molar-refractivity contribution in [2.75, 3.05) is 13.1 Å². The molecule has 0 radical (unpaired) electrons. The first-order valence-electron chi connectivity index (χ1n) is 6.12. The summed E-state index contributed by atoms with van der Waals surface area (Å²) in [5, 5.41) is 8.73. The van der Waals surface area contributed by atoms with E-state index in [1.807, 2.05) is 24.0 Å². The standard InChI is InChI=1S/C13H17N3O/c1-16-13-8-12(3-2-10(13)9-15-16)17-11-4-6-14-7-5-11/h2-3,8-9,11,14H,4-7H2,1H3. The minimum Gasteiger partial charge on any atom is -0.490 e. The third kappa shape index (κ3) is 2.13. The predicted octanol–water partition coefficient (Wildman–Crippen LogP) is 1.70. The summed E-state index contributed by atoms with van der Waals surface area (Å²) in [6.45, 7) is 2.11. The van der Waals surface area contributed by atoms with Gasteiger partial charge in [0.1, 0.15) is 11.9 Å². The summed E-state index contributed by atoms with van der Waals surface area (Å²) < 4.78 is 7.89. The fraction of sp³-hybridized carbons (Fsp3) is 0.462. The van der Waals surface area contributed by atoms with Gasteiger partial charge in [0.2, 0.25) is 0 Å². The van der Waals surface area contributed by atoms with Crippen LogP contribution in [0.25, 0.3) is 10.9 Å². The van der Waals surface area contributed by atoms with E-state index in [4.69, 9.17) is 4.74 Å². The quantitative estimate of drug-likeness (QED) is 0.855. The highest BCUT2D eigenvalue weighted by molar-refractivity contribution is 5.79. The van der Waals surface area contributed by atoms with Gasteiger partial charge in [0.05, 0.1) is 11.7 Å². The summed E-state index contributed by atoms with van der Waals surface area (Å²) in [7, 11) is 1.96. The van der Waals surface area contributed by atoms with Gasteiger partial charge in [0.25, 0.3) is 0 Å². The van der Waals surface area contributed by atoms with Gasteiger partial charge in [-0.05, 0) is 38.1 Å². The first kappa shape index (κ1) is 10.6. The first-order valence-corrected chi connectivity index (χ1v) is 6.12. The predicted molar refractivity (Wildman–Crippen MR) is 67.2 cm³/mol. The topological polar surface area (TPSA) is 39.1 Å². The number of ether oxygens (including phenoxy) is 1. The maximum Gasteiger partial charge on any atom is 0.121 e. The van der Waals surface area contributed by atoms with Crippen LogP contribution >= 0.6 is 0 Å². The zero-order valence-corrected chi connectivity index (χ0v) is 10.0. The maximum absolute atomic E-state index is 6.01. The molecule has 1 saturated heterocycles. The van der Waals surface area contributed by atoms with Crippen LogP contribution in [0.1, 0.15) is 12.8 Å². The highest BCUT2D eigenvalue weighted by atomic mass is 16.5. The molecule has 1 aromatic heterocycles. The van der Waals surface area contributed by atoms with E-state index in [0.29, 0.717) is 6.10 Å². The summed E-state index contributed by atoms with van der Waals surface area (Å²) in [6, 6.07) is 6.18. The molecule has 1 aliphatic rings. The average Bonchev–Trinajstić information content (AvgIpc) is 2.73. The maximum atomic E-state index is 6.01. The molecule has 2 aromatic rings. The number of aromatic nitrogens is 2. The van der Waals surface area contributed by atoms with Crippen molar-refractivity contribution in [1.29, 1.82) is 0 Å². The number of hydrogen-bond donors (Lipinski definition) is 1. The van der Waals surface area contributed by atoms with Crippen LogP contribution < -0.4 is 10.1 Å². The van der Waals surface area contributed by atoms with Gasteiger partial charge in [-0.15, -0.1) is 0 Å². The summed E-state index contributed by atoms with van der Waals surface area (Å²) in [6.07, 6.45) is 4.40. The lowest BCUT2D eigenvalue weighted by molar-refractivity contribution is 0.162. The zero-order valence-electron chi connectivity index (χ0n) is 10.0. The average molecular weight is 231 g/mol. The Bertz CT molecular complexity index is 514. The van der Waals surface area contributed by atoms with Gasteiger partial charge in [0.15, 0.2) is 0 Å². The summed E-state index contributed by atoms with van der Waals surface area (Å²) >= 11 is 0. The number of nitrogens with one attached hydrogen (secondary N) is 1. The summed E-state index contributed by atoms with van der Waals surface area (Å²) in [4.78, 5) is 0. The van der Waals surface area contributed by atoms with Gasteiger partial charge in [-0.25, -0.2) is 0 Å². The van der Waals surface area contributed by atoms with Crippen LogP contribution in [0.5, 0.6) is 5.75 Å². The molecule has 1 aromatic carbocycles. The van der Waals surface area contributed by atoms with Crippen LogP contribution in [0.3, 0.4) is 0 Å². The largest absolute Gasteiger partial charge is 0.490 e. The Balaban J connectivity index is 1.82. The normalized spacial score (nSPS) is 17.5. The van der Waals surface area contributed by atoms with E-state index >= 15 is 0 Å². The van der Waals surface area contributed by atoms with Gasteiger partial charge in [0, 0.05) is 18.5 Å². The van der Waals surface area contributed by atoms with Crippen molar-refractivity contribution in [2.45, 2.75) is 18.9 Å². The number of aryl methyl sites for hydroxylation is 1. The molecule has 4 heteroatoms. The van der Waals surface area contributed by atoms with Gasteiger partial charge in [-0.3, -0.25) is 4.68 Å². The smallest absolute Gasteiger partial charge is 0.121 e. The number of benzene rings is 1. The molecular formula is C13H17N3O. The Hall–Kier alpha value is -1.55. The molecule has 3 rings (SSSR count). The molecule has 0 saturated carbocycles. The van der Waals surface area contributed by atoms with Crippen molar-refractivity contribution in [3.63, 3.8) is 0 Å². The second kappa shape index (κ2) is 4.37. The lowest BCUT2D eigenvalue weighted by Crippen LogP contribution is -2.34. The van der Waals surface area contributed by atoms with E-state index in [9.17, 15) is 0 Å². The van der Waals surface area contributed by atoms with Gasteiger partial charge in [-0.2, -0.15) is 5.10 Å². The zero-order chi connectivity index (χ0) is 11.7. The Morgan fingerprint density at radius 3 is 3.00 bits per heavy atom. The minimum absolute atomic E-state index is 0.349. The number of piperidine rings is 1. The fourth-order valence-electron chi connectivity index (χ4n) is 2.30. The summed E-state index contributed by atoms with van der Waals surface area (Å²) in [5.74, 6) is 0.952. The number of rotatable bonds is 2. The number of hydrogen-bond acceptors (Lipinski definition) is 3. The molecule has 0 atom stereocenters. The van der Waals surface area contributed by atoms with Crippen molar-refractivity contribution >= 4 is 10.9 Å². The highest BCUT2D eigenvalue weighted by Crippen LogP contribution is 2.22. The lowest BCUT2D eigenvalue weighted by atomic mass is 10.1. The molecule has 90 valence electrons. The molecule has 1 aliphatic heterocycles. The molecule has 0 aliphatic carbocycles. The van der Waals surface area contributed by atoms with E-state index < -0.39 is 0 Å². The van der Waals surface area contributed by atoms with Gasteiger partial charge in [-0.1, -0.05) is 0 Å². The highest BCUT2D eigenvalue weighted by Gasteiger charge is 2.14. The molecule has 2 heterocycles. The number of nitrogens with zero attached hydrogens (tertiary/aromatic N) is 2. The molecule has 0 amide bonds. The Morgan fingerprint density at radius 2 is 2.18 bits per heavy atom. The van der Waals surface area contributed by atoms with Crippen LogP contribution in [0.4, 0.5) is 0 Å². The molecule has 17 heavy (non-hydrogen) atoms. The van der Waals surface area contributed by atoms with Crippen LogP contribution in [-0.4, -0.2) is 29.0 Å². The molecule has 0 unspecified atom stereocenters. The van der Waals surface area contributed by atoms with Crippen LogP contribution in [0.2, 0.25) is 0 Å². The Labute approximate surface area is 101 Å². The van der Waals surface area contributed by atoms with Crippen LogP contribution in [-0.2, 0) is 7.05 Å². The van der Waals surface area contributed by atoms with Crippen molar-refractivity contribution in [2.24, 2.45) is 7.05 Å². The third-order valence-electron chi connectivity index (χ3n) is 3.31. The summed E-state index contributed by atoms with van der Waals surface area (Å²) in [5.41, 5.74) is 1.12. The second-order valence-electron chi connectivity index (χ2n) is 4.56. The first-order chi connectivity index (χ1) is 8.33. The van der Waals surface area contributed by atoms with Crippen LogP contribution in [0, 0.1) is 0 Å². The van der Waals surface area contributed by atoms with Crippen molar-refractivity contribution in [1.82, 2.24) is 15.1 Å². The second-order valence-corrected chi connectivity index (χ2v) is 4.56.